The summed E-state index contributed by atoms with van der Waals surface area (Å²) in [5, 5.41) is 3.56. The van der Waals surface area contributed by atoms with Crippen molar-refractivity contribution in [2.45, 2.75) is 32.9 Å². The third-order valence-electron chi connectivity index (χ3n) is 4.37. The third kappa shape index (κ3) is 5.88. The Balaban J connectivity index is 2.21. The van der Waals surface area contributed by atoms with Crippen LogP contribution < -0.4 is 10.1 Å². The highest BCUT2D eigenvalue weighted by Gasteiger charge is 2.28. The Labute approximate surface area is 175 Å². The summed E-state index contributed by atoms with van der Waals surface area (Å²) in [6, 6.07) is 11.9. The van der Waals surface area contributed by atoms with Gasteiger partial charge in [-0.1, -0.05) is 53.9 Å². The molecule has 0 heterocycles. The number of halogens is 2. The number of rotatable bonds is 8. The molecule has 0 saturated heterocycles. The Morgan fingerprint density at radius 3 is 2.39 bits per heavy atom. The number of hydrogen-bond donors (Lipinski definition) is 1. The zero-order chi connectivity index (χ0) is 20.7. The lowest BCUT2D eigenvalue weighted by atomic mass is 10.1. The average Bonchev–Trinajstić information content (AvgIpc) is 2.68. The minimum absolute atomic E-state index is 0.179. The highest BCUT2D eigenvalue weighted by molar-refractivity contribution is 6.35. The quantitative estimate of drug-likeness (QED) is 0.691. The van der Waals surface area contributed by atoms with Crippen molar-refractivity contribution in [1.82, 2.24) is 10.2 Å². The van der Waals surface area contributed by atoms with E-state index in [1.165, 1.54) is 4.90 Å². The molecule has 1 atom stereocenters. The van der Waals surface area contributed by atoms with Crippen LogP contribution in [0.25, 0.3) is 0 Å². The maximum Gasteiger partial charge on any atom is 0.261 e. The fourth-order valence-electron chi connectivity index (χ4n) is 2.78. The van der Waals surface area contributed by atoms with Gasteiger partial charge in [0.05, 0.1) is 0 Å². The maximum atomic E-state index is 12.9. The Morgan fingerprint density at radius 2 is 1.82 bits per heavy atom. The lowest BCUT2D eigenvalue weighted by molar-refractivity contribution is -0.142. The predicted molar refractivity (Wildman–Crippen MR) is 112 cm³/mol. The van der Waals surface area contributed by atoms with Gasteiger partial charge in [0, 0.05) is 23.6 Å². The van der Waals surface area contributed by atoms with E-state index < -0.39 is 6.04 Å². The number of carbonyl (C=O) groups excluding carboxylic acids is 2. The fourth-order valence-corrected chi connectivity index (χ4v) is 3.25. The van der Waals surface area contributed by atoms with Crippen molar-refractivity contribution in [1.29, 1.82) is 0 Å². The molecular weight excluding hydrogens is 399 g/mol. The van der Waals surface area contributed by atoms with Crippen LogP contribution in [0.3, 0.4) is 0 Å². The molecule has 2 aromatic carbocycles. The monoisotopic (exact) mass is 422 g/mol. The minimum atomic E-state index is -0.633. The number of carbonyl (C=O) groups is 2. The van der Waals surface area contributed by atoms with E-state index in [9.17, 15) is 9.59 Å². The van der Waals surface area contributed by atoms with Crippen molar-refractivity contribution in [3.8, 4) is 5.75 Å². The molecule has 28 heavy (non-hydrogen) atoms. The van der Waals surface area contributed by atoms with Gasteiger partial charge in [0.1, 0.15) is 11.8 Å². The lowest BCUT2D eigenvalue weighted by Gasteiger charge is -2.30. The molecule has 0 bridgehead atoms. The van der Waals surface area contributed by atoms with Gasteiger partial charge in [-0.05, 0) is 43.2 Å². The fraction of sp³-hybridized carbons (Fsp3) is 0.333. The van der Waals surface area contributed by atoms with E-state index in [0.29, 0.717) is 27.8 Å². The number of nitrogens with zero attached hydrogens (tertiary/aromatic N) is 1. The van der Waals surface area contributed by atoms with Crippen molar-refractivity contribution < 1.29 is 14.3 Å². The van der Waals surface area contributed by atoms with Gasteiger partial charge in [0.25, 0.3) is 5.91 Å². The van der Waals surface area contributed by atoms with E-state index >= 15 is 0 Å². The van der Waals surface area contributed by atoms with Crippen LogP contribution in [0.2, 0.25) is 10.0 Å². The van der Waals surface area contributed by atoms with Crippen molar-refractivity contribution in [2.24, 2.45) is 0 Å². The molecule has 0 aromatic heterocycles. The van der Waals surface area contributed by atoms with Crippen LogP contribution in [0.15, 0.2) is 42.5 Å². The number of ether oxygens (including phenoxy) is 1. The zero-order valence-corrected chi connectivity index (χ0v) is 17.7. The first-order valence-electron chi connectivity index (χ1n) is 9.00. The van der Waals surface area contributed by atoms with Crippen molar-refractivity contribution in [2.75, 3.05) is 13.7 Å². The molecule has 0 aliphatic carbocycles. The van der Waals surface area contributed by atoms with Crippen LogP contribution in [0.4, 0.5) is 0 Å². The van der Waals surface area contributed by atoms with E-state index in [2.05, 4.69) is 5.32 Å². The molecule has 0 radical (unpaired) electrons. The standard InChI is InChI=1S/C21H24Cl2N2O3/c1-4-19(21(27)24-3)25(12-15-7-8-16(22)11-18(15)23)20(26)13-28-17-9-5-14(2)6-10-17/h5-11,19H,4,12-13H2,1-3H3,(H,24,27)/t19-/m1/s1. The Morgan fingerprint density at radius 1 is 1.14 bits per heavy atom. The first kappa shape index (κ1) is 22.1. The number of amides is 2. The normalized spacial score (nSPS) is 11.6. The second kappa shape index (κ2) is 10.3. The van der Waals surface area contributed by atoms with Gasteiger partial charge in [0.2, 0.25) is 5.91 Å². The summed E-state index contributed by atoms with van der Waals surface area (Å²) in [4.78, 5) is 26.8. The molecular formula is C21H24Cl2N2O3. The highest BCUT2D eigenvalue weighted by atomic mass is 35.5. The van der Waals surface area contributed by atoms with Crippen LogP contribution in [-0.4, -0.2) is 36.4 Å². The predicted octanol–water partition coefficient (Wildman–Crippen LogP) is 4.23. The molecule has 2 amide bonds. The van der Waals surface area contributed by atoms with E-state index in [1.54, 1.807) is 37.4 Å². The number of aryl methyl sites for hydroxylation is 1. The topological polar surface area (TPSA) is 58.6 Å². The highest BCUT2D eigenvalue weighted by Crippen LogP contribution is 2.24. The third-order valence-corrected chi connectivity index (χ3v) is 4.96. The van der Waals surface area contributed by atoms with E-state index in [-0.39, 0.29) is 25.0 Å². The van der Waals surface area contributed by atoms with E-state index in [4.69, 9.17) is 27.9 Å². The summed E-state index contributed by atoms with van der Waals surface area (Å²) >= 11 is 12.2. The van der Waals surface area contributed by atoms with Crippen LogP contribution in [0, 0.1) is 6.92 Å². The molecule has 0 aliphatic heterocycles. The van der Waals surface area contributed by atoms with E-state index in [0.717, 1.165) is 5.56 Å². The van der Waals surface area contributed by atoms with Crippen LogP contribution in [-0.2, 0) is 16.1 Å². The largest absolute Gasteiger partial charge is 0.484 e. The smallest absolute Gasteiger partial charge is 0.261 e. The van der Waals surface area contributed by atoms with Crippen LogP contribution in [0.1, 0.15) is 24.5 Å². The van der Waals surface area contributed by atoms with Crippen molar-refractivity contribution >= 4 is 35.0 Å². The molecule has 2 aromatic rings. The second-order valence-corrected chi connectivity index (χ2v) is 7.24. The molecule has 2 rings (SSSR count). The molecule has 5 nitrogen and oxygen atoms in total. The summed E-state index contributed by atoms with van der Waals surface area (Å²) in [7, 11) is 1.55. The first-order chi connectivity index (χ1) is 13.3. The van der Waals surface area contributed by atoms with Gasteiger partial charge in [-0.25, -0.2) is 0 Å². The molecule has 0 aliphatic rings. The molecule has 0 saturated carbocycles. The molecule has 150 valence electrons. The summed E-state index contributed by atoms with van der Waals surface area (Å²) in [6.45, 7) is 3.83. The SMILES string of the molecule is CC[C@H](C(=O)NC)N(Cc1ccc(Cl)cc1Cl)C(=O)COc1ccc(C)cc1. The Kier molecular flexibility index (Phi) is 8.15. The molecule has 7 heteroatoms. The summed E-state index contributed by atoms with van der Waals surface area (Å²) in [5.41, 5.74) is 1.81. The van der Waals surface area contributed by atoms with Crippen LogP contribution in [0.5, 0.6) is 5.75 Å². The van der Waals surface area contributed by atoms with Crippen molar-refractivity contribution in [3.05, 3.63) is 63.6 Å². The van der Waals surface area contributed by atoms with Gasteiger partial charge in [-0.2, -0.15) is 0 Å². The number of benzene rings is 2. The van der Waals surface area contributed by atoms with Crippen LogP contribution >= 0.6 is 23.2 Å². The summed E-state index contributed by atoms with van der Waals surface area (Å²) < 4.78 is 5.62. The van der Waals surface area contributed by atoms with E-state index in [1.807, 2.05) is 26.0 Å². The van der Waals surface area contributed by atoms with Gasteiger partial charge in [-0.15, -0.1) is 0 Å². The minimum Gasteiger partial charge on any atom is -0.484 e. The maximum absolute atomic E-state index is 12.9. The van der Waals surface area contributed by atoms with Gasteiger partial charge >= 0.3 is 0 Å². The first-order valence-corrected chi connectivity index (χ1v) is 9.75. The Hall–Kier alpha value is -2.24. The molecule has 0 unspecified atom stereocenters. The van der Waals surface area contributed by atoms with Gasteiger partial charge < -0.3 is 15.0 Å². The number of hydrogen-bond acceptors (Lipinski definition) is 3. The lowest BCUT2D eigenvalue weighted by Crippen LogP contribution is -2.49. The molecule has 1 N–H and O–H groups in total. The summed E-state index contributed by atoms with van der Waals surface area (Å²) in [5.74, 6) is 0.0507. The average molecular weight is 423 g/mol. The number of nitrogens with one attached hydrogen (secondary N) is 1. The second-order valence-electron chi connectivity index (χ2n) is 6.40. The van der Waals surface area contributed by atoms with Gasteiger partial charge in [-0.3, -0.25) is 9.59 Å². The summed E-state index contributed by atoms with van der Waals surface area (Å²) in [6.07, 6.45) is 0.459. The molecule has 0 fully saturated rings. The van der Waals surface area contributed by atoms with Gasteiger partial charge in [0.15, 0.2) is 6.61 Å². The number of likely N-dealkylation sites (N-methyl/N-ethyl adjacent to an activating group) is 1. The molecule has 0 spiro atoms. The van der Waals surface area contributed by atoms with Crippen molar-refractivity contribution in [3.63, 3.8) is 0 Å². The Bertz CT molecular complexity index is 825. The zero-order valence-electron chi connectivity index (χ0n) is 16.2.